The number of carbonyl (C=O) groups excluding carboxylic acids is 1. The Labute approximate surface area is 101 Å². The van der Waals surface area contributed by atoms with E-state index in [9.17, 15) is 4.79 Å². The lowest BCUT2D eigenvalue weighted by Crippen LogP contribution is -2.38. The first kappa shape index (κ1) is 12.9. The molecule has 1 aromatic rings. The maximum absolute atomic E-state index is 11.6. The lowest BCUT2D eigenvalue weighted by atomic mass is 10.1. The van der Waals surface area contributed by atoms with E-state index in [0.717, 1.165) is 10.6 Å². The number of methoxy groups -OCH3 is 1. The Balaban J connectivity index is 2.56. The predicted octanol–water partition coefficient (Wildman–Crippen LogP) is 3.30. The normalized spacial score (nSPS) is 11.0. The molecule has 0 heterocycles. The molecule has 88 valence electrons. The van der Waals surface area contributed by atoms with Crippen LogP contribution in [-0.4, -0.2) is 17.9 Å². The third-order valence-electron chi connectivity index (χ3n) is 1.75. The molecule has 0 aliphatic rings. The average molecular weight is 239 g/mol. The predicted molar refractivity (Wildman–Crippen MR) is 67.1 cm³/mol. The molecule has 0 fully saturated rings. The van der Waals surface area contributed by atoms with Crippen molar-refractivity contribution >= 4 is 17.0 Å². The summed E-state index contributed by atoms with van der Waals surface area (Å²) in [6.45, 7) is 5.87. The van der Waals surface area contributed by atoms with E-state index in [1.807, 2.05) is 45.0 Å². The maximum Gasteiger partial charge on any atom is 0.284 e. The lowest BCUT2D eigenvalue weighted by Gasteiger charge is -2.19. The molecule has 4 heteroatoms. The monoisotopic (exact) mass is 239 g/mol. The van der Waals surface area contributed by atoms with Crippen molar-refractivity contribution in [3.05, 3.63) is 24.3 Å². The summed E-state index contributed by atoms with van der Waals surface area (Å²) in [5.41, 5.74) is -0.198. The van der Waals surface area contributed by atoms with E-state index in [2.05, 4.69) is 5.32 Å². The Bertz CT molecular complexity index is 354. The minimum absolute atomic E-state index is 0.0438. The first-order valence-corrected chi connectivity index (χ1v) is 5.86. The van der Waals surface area contributed by atoms with Crippen LogP contribution in [0.3, 0.4) is 0 Å². The molecule has 0 aromatic heterocycles. The standard InChI is InChI=1S/C12H17NO2S/c1-12(2,3)13-11(14)16-10-7-5-9(15-4)6-8-10/h5-8H,1-4H3,(H,13,14). The van der Waals surface area contributed by atoms with Crippen molar-refractivity contribution in [2.45, 2.75) is 31.2 Å². The minimum atomic E-state index is -0.198. The number of nitrogens with one attached hydrogen (secondary N) is 1. The number of rotatable bonds is 2. The number of ether oxygens (including phenoxy) is 1. The second-order valence-corrected chi connectivity index (χ2v) is 5.49. The van der Waals surface area contributed by atoms with Crippen LogP contribution in [0.1, 0.15) is 20.8 Å². The quantitative estimate of drug-likeness (QED) is 0.805. The van der Waals surface area contributed by atoms with E-state index in [1.54, 1.807) is 7.11 Å². The van der Waals surface area contributed by atoms with Crippen molar-refractivity contribution in [1.82, 2.24) is 5.32 Å². The smallest absolute Gasteiger partial charge is 0.284 e. The molecule has 0 saturated heterocycles. The maximum atomic E-state index is 11.6. The van der Waals surface area contributed by atoms with Gasteiger partial charge in [0.1, 0.15) is 5.75 Å². The molecule has 1 rings (SSSR count). The molecular formula is C12H17NO2S. The van der Waals surface area contributed by atoms with Crippen LogP contribution in [0, 0.1) is 0 Å². The van der Waals surface area contributed by atoms with Gasteiger partial charge in [0, 0.05) is 10.4 Å². The number of hydrogen-bond donors (Lipinski definition) is 1. The third-order valence-corrected chi connectivity index (χ3v) is 2.54. The van der Waals surface area contributed by atoms with Crippen LogP contribution in [0.25, 0.3) is 0 Å². The second kappa shape index (κ2) is 5.25. The number of thioether (sulfide) groups is 1. The number of benzene rings is 1. The van der Waals surface area contributed by atoms with E-state index in [-0.39, 0.29) is 10.8 Å². The molecular weight excluding hydrogens is 222 g/mol. The summed E-state index contributed by atoms with van der Waals surface area (Å²) in [4.78, 5) is 12.5. The fourth-order valence-corrected chi connectivity index (χ4v) is 1.93. The van der Waals surface area contributed by atoms with Gasteiger partial charge in [0.15, 0.2) is 0 Å². The van der Waals surface area contributed by atoms with E-state index >= 15 is 0 Å². The van der Waals surface area contributed by atoms with Crippen LogP contribution in [-0.2, 0) is 0 Å². The van der Waals surface area contributed by atoms with E-state index < -0.39 is 0 Å². The second-order valence-electron chi connectivity index (χ2n) is 4.44. The zero-order valence-corrected chi connectivity index (χ0v) is 10.9. The largest absolute Gasteiger partial charge is 0.497 e. The Kier molecular flexibility index (Phi) is 4.24. The van der Waals surface area contributed by atoms with Crippen molar-refractivity contribution < 1.29 is 9.53 Å². The van der Waals surface area contributed by atoms with Gasteiger partial charge in [-0.2, -0.15) is 0 Å². The van der Waals surface area contributed by atoms with Gasteiger partial charge in [-0.1, -0.05) is 0 Å². The topological polar surface area (TPSA) is 38.3 Å². The van der Waals surface area contributed by atoms with Gasteiger partial charge in [0.2, 0.25) is 0 Å². The molecule has 0 saturated carbocycles. The van der Waals surface area contributed by atoms with Crippen molar-refractivity contribution in [3.63, 3.8) is 0 Å². The summed E-state index contributed by atoms with van der Waals surface area (Å²) in [6.07, 6.45) is 0. The highest BCUT2D eigenvalue weighted by Gasteiger charge is 2.14. The summed E-state index contributed by atoms with van der Waals surface area (Å²) in [7, 11) is 1.62. The number of hydrogen-bond acceptors (Lipinski definition) is 3. The van der Waals surface area contributed by atoms with Gasteiger partial charge in [-0.25, -0.2) is 0 Å². The number of carbonyl (C=O) groups is 1. The SMILES string of the molecule is COc1ccc(SC(=O)NC(C)(C)C)cc1. The molecule has 0 atom stereocenters. The van der Waals surface area contributed by atoms with E-state index in [4.69, 9.17) is 4.74 Å². The van der Waals surface area contributed by atoms with Crippen molar-refractivity contribution in [2.24, 2.45) is 0 Å². The van der Waals surface area contributed by atoms with Gasteiger partial charge in [0.05, 0.1) is 7.11 Å². The van der Waals surface area contributed by atoms with Gasteiger partial charge < -0.3 is 10.1 Å². The highest BCUT2D eigenvalue weighted by atomic mass is 32.2. The zero-order chi connectivity index (χ0) is 12.2. The highest BCUT2D eigenvalue weighted by molar-refractivity contribution is 8.13. The Morgan fingerprint density at radius 1 is 1.25 bits per heavy atom. The van der Waals surface area contributed by atoms with Crippen molar-refractivity contribution in [2.75, 3.05) is 7.11 Å². The molecule has 0 radical (unpaired) electrons. The van der Waals surface area contributed by atoms with Crippen molar-refractivity contribution in [1.29, 1.82) is 0 Å². The summed E-state index contributed by atoms with van der Waals surface area (Å²) < 4.78 is 5.04. The van der Waals surface area contributed by atoms with Gasteiger partial charge in [-0.15, -0.1) is 0 Å². The molecule has 3 nitrogen and oxygen atoms in total. The Morgan fingerprint density at radius 2 is 1.81 bits per heavy atom. The third kappa shape index (κ3) is 4.57. The summed E-state index contributed by atoms with van der Waals surface area (Å²) in [6, 6.07) is 7.41. The molecule has 0 unspecified atom stereocenters. The van der Waals surface area contributed by atoms with Crippen LogP contribution in [0.15, 0.2) is 29.2 Å². The van der Waals surface area contributed by atoms with Crippen molar-refractivity contribution in [3.8, 4) is 5.75 Å². The fraction of sp³-hybridized carbons (Fsp3) is 0.417. The molecule has 1 aromatic carbocycles. The van der Waals surface area contributed by atoms with Gasteiger partial charge in [-0.05, 0) is 56.8 Å². The minimum Gasteiger partial charge on any atom is -0.497 e. The van der Waals surface area contributed by atoms with Crippen LogP contribution >= 0.6 is 11.8 Å². The highest BCUT2D eigenvalue weighted by Crippen LogP contribution is 2.22. The fourth-order valence-electron chi connectivity index (χ4n) is 1.08. The summed E-state index contributed by atoms with van der Waals surface area (Å²) in [5, 5.41) is 2.85. The molecule has 1 amide bonds. The Morgan fingerprint density at radius 3 is 2.25 bits per heavy atom. The lowest BCUT2D eigenvalue weighted by molar-refractivity contribution is 0.253. The molecule has 0 aliphatic carbocycles. The molecule has 0 aliphatic heterocycles. The van der Waals surface area contributed by atoms with Crippen LogP contribution < -0.4 is 10.1 Å². The molecule has 0 bridgehead atoms. The summed E-state index contributed by atoms with van der Waals surface area (Å²) >= 11 is 1.18. The van der Waals surface area contributed by atoms with Crippen LogP contribution in [0.2, 0.25) is 0 Å². The van der Waals surface area contributed by atoms with Crippen LogP contribution in [0.4, 0.5) is 4.79 Å². The van der Waals surface area contributed by atoms with E-state index in [0.29, 0.717) is 0 Å². The van der Waals surface area contributed by atoms with Gasteiger partial charge in [0.25, 0.3) is 5.24 Å². The van der Waals surface area contributed by atoms with Crippen LogP contribution in [0.5, 0.6) is 5.75 Å². The molecule has 0 spiro atoms. The number of amides is 1. The van der Waals surface area contributed by atoms with Gasteiger partial charge >= 0.3 is 0 Å². The summed E-state index contributed by atoms with van der Waals surface area (Å²) in [5.74, 6) is 0.792. The molecule has 16 heavy (non-hydrogen) atoms. The zero-order valence-electron chi connectivity index (χ0n) is 10.0. The Hall–Kier alpha value is -1.16. The average Bonchev–Trinajstić information content (AvgIpc) is 2.16. The first-order valence-electron chi connectivity index (χ1n) is 5.05. The molecule has 1 N–H and O–H groups in total. The van der Waals surface area contributed by atoms with E-state index in [1.165, 1.54) is 11.8 Å². The van der Waals surface area contributed by atoms with Gasteiger partial charge in [-0.3, -0.25) is 4.79 Å². The first-order chi connectivity index (χ1) is 7.40.